The lowest BCUT2D eigenvalue weighted by Crippen LogP contribution is -2.28. The van der Waals surface area contributed by atoms with Crippen LogP contribution in [0, 0.1) is 0 Å². The second-order valence-corrected chi connectivity index (χ2v) is 6.35. The van der Waals surface area contributed by atoms with Gasteiger partial charge in [-0.3, -0.25) is 4.79 Å². The summed E-state index contributed by atoms with van der Waals surface area (Å²) in [6, 6.07) is 0.530. The van der Waals surface area contributed by atoms with Crippen molar-refractivity contribution >= 4 is 17.7 Å². The zero-order chi connectivity index (χ0) is 15.8. The Kier molecular flexibility index (Phi) is 7.74. The van der Waals surface area contributed by atoms with Crippen molar-refractivity contribution in [2.75, 3.05) is 19.3 Å². The van der Waals surface area contributed by atoms with E-state index in [1.54, 1.807) is 0 Å². The second-order valence-electron chi connectivity index (χ2n) is 5.41. The Labute approximate surface area is 130 Å². The highest BCUT2D eigenvalue weighted by Crippen LogP contribution is 2.18. The summed E-state index contributed by atoms with van der Waals surface area (Å²) in [5, 5.41) is 17.9. The highest BCUT2D eigenvalue weighted by Gasteiger charge is 2.13. The van der Waals surface area contributed by atoms with Gasteiger partial charge in [0.15, 0.2) is 5.16 Å². The third-order valence-corrected chi connectivity index (χ3v) is 4.32. The highest BCUT2D eigenvalue weighted by atomic mass is 32.2. The minimum Gasteiger partial charge on any atom is -0.481 e. The Balaban J connectivity index is 2.66. The standard InChI is InChI=1S/C14H26N4O2S/c1-5-7-12-15-16-14(21-10-13(19)20)18(12)9-6-8-17(4)11(2)3/h11H,5-10H2,1-4H3,(H,19,20). The number of carboxylic acids is 1. The fourth-order valence-corrected chi connectivity index (χ4v) is 2.63. The molecular weight excluding hydrogens is 288 g/mol. The number of rotatable bonds is 10. The number of thioether (sulfide) groups is 1. The quantitative estimate of drug-likeness (QED) is 0.667. The molecule has 0 aliphatic carbocycles. The van der Waals surface area contributed by atoms with Gasteiger partial charge < -0.3 is 14.6 Å². The normalized spacial score (nSPS) is 11.5. The van der Waals surface area contributed by atoms with E-state index in [4.69, 9.17) is 5.11 Å². The van der Waals surface area contributed by atoms with Crippen molar-refractivity contribution in [2.24, 2.45) is 0 Å². The molecule has 0 bridgehead atoms. The molecule has 6 nitrogen and oxygen atoms in total. The number of aromatic nitrogens is 3. The number of aryl methyl sites for hydroxylation is 1. The predicted octanol–water partition coefficient (Wildman–Crippen LogP) is 2.14. The number of carboxylic acid groups (broad SMARTS) is 1. The van der Waals surface area contributed by atoms with Crippen LogP contribution in [0.15, 0.2) is 5.16 Å². The summed E-state index contributed by atoms with van der Waals surface area (Å²) in [4.78, 5) is 13.0. The van der Waals surface area contributed by atoms with Gasteiger partial charge in [-0.1, -0.05) is 18.7 Å². The summed E-state index contributed by atoms with van der Waals surface area (Å²) >= 11 is 1.24. The van der Waals surface area contributed by atoms with Gasteiger partial charge in [-0.05, 0) is 40.3 Å². The smallest absolute Gasteiger partial charge is 0.313 e. The molecule has 1 aromatic heterocycles. The topological polar surface area (TPSA) is 71.2 Å². The summed E-state index contributed by atoms with van der Waals surface area (Å²) in [5.41, 5.74) is 0. The third kappa shape index (κ3) is 6.05. The van der Waals surface area contributed by atoms with Gasteiger partial charge in [-0.2, -0.15) is 0 Å². The van der Waals surface area contributed by atoms with Crippen LogP contribution in [0.1, 0.15) is 39.4 Å². The van der Waals surface area contributed by atoms with Crippen molar-refractivity contribution < 1.29 is 9.90 Å². The van der Waals surface area contributed by atoms with Gasteiger partial charge in [0.1, 0.15) is 5.82 Å². The van der Waals surface area contributed by atoms with Crippen molar-refractivity contribution in [1.82, 2.24) is 19.7 Å². The molecular formula is C14H26N4O2S. The minimum absolute atomic E-state index is 0.0240. The largest absolute Gasteiger partial charge is 0.481 e. The number of aliphatic carboxylic acids is 1. The Hall–Kier alpha value is -1.08. The van der Waals surface area contributed by atoms with Crippen molar-refractivity contribution in [3.8, 4) is 0 Å². The summed E-state index contributed by atoms with van der Waals surface area (Å²) in [5.74, 6) is 0.152. The molecule has 7 heteroatoms. The molecule has 0 saturated carbocycles. The summed E-state index contributed by atoms with van der Waals surface area (Å²) in [6.07, 6.45) is 2.89. The van der Waals surface area contributed by atoms with Crippen molar-refractivity contribution in [3.05, 3.63) is 5.82 Å². The maximum atomic E-state index is 10.7. The first-order valence-corrected chi connectivity index (χ1v) is 8.41. The number of nitrogens with zero attached hydrogens (tertiary/aromatic N) is 4. The van der Waals surface area contributed by atoms with Gasteiger partial charge in [-0.25, -0.2) is 0 Å². The van der Waals surface area contributed by atoms with Gasteiger partial charge in [0.05, 0.1) is 5.75 Å². The highest BCUT2D eigenvalue weighted by molar-refractivity contribution is 7.99. The molecule has 0 unspecified atom stereocenters. The van der Waals surface area contributed by atoms with Crippen molar-refractivity contribution in [1.29, 1.82) is 0 Å². The van der Waals surface area contributed by atoms with E-state index in [1.165, 1.54) is 11.8 Å². The predicted molar refractivity (Wildman–Crippen MR) is 84.8 cm³/mol. The molecule has 0 aliphatic heterocycles. The van der Waals surface area contributed by atoms with E-state index >= 15 is 0 Å². The number of hydrogen-bond donors (Lipinski definition) is 1. The molecule has 0 aromatic carbocycles. The lowest BCUT2D eigenvalue weighted by atomic mass is 10.3. The molecule has 1 N–H and O–H groups in total. The van der Waals surface area contributed by atoms with Crippen LogP contribution in [0.2, 0.25) is 0 Å². The molecule has 0 radical (unpaired) electrons. The fraction of sp³-hybridized carbons (Fsp3) is 0.786. The van der Waals surface area contributed by atoms with E-state index in [2.05, 4.69) is 47.5 Å². The number of carbonyl (C=O) groups is 1. The molecule has 120 valence electrons. The van der Waals surface area contributed by atoms with Crippen LogP contribution >= 0.6 is 11.8 Å². The zero-order valence-electron chi connectivity index (χ0n) is 13.4. The molecule has 0 saturated heterocycles. The maximum absolute atomic E-state index is 10.7. The van der Waals surface area contributed by atoms with Crippen LogP contribution in [0.25, 0.3) is 0 Å². The third-order valence-electron chi connectivity index (χ3n) is 3.37. The summed E-state index contributed by atoms with van der Waals surface area (Å²) < 4.78 is 2.07. The van der Waals surface area contributed by atoms with Gasteiger partial charge in [0.25, 0.3) is 0 Å². The zero-order valence-corrected chi connectivity index (χ0v) is 14.2. The average molecular weight is 314 g/mol. The van der Waals surface area contributed by atoms with E-state index in [0.717, 1.165) is 38.2 Å². The van der Waals surface area contributed by atoms with Crippen LogP contribution in [0.3, 0.4) is 0 Å². The molecule has 1 aromatic rings. The molecule has 0 atom stereocenters. The average Bonchev–Trinajstić information content (AvgIpc) is 2.79. The first kappa shape index (κ1) is 18.0. The Morgan fingerprint density at radius 2 is 2.14 bits per heavy atom. The van der Waals surface area contributed by atoms with Gasteiger partial charge in [-0.15, -0.1) is 10.2 Å². The van der Waals surface area contributed by atoms with E-state index in [1.807, 2.05) is 0 Å². The van der Waals surface area contributed by atoms with Gasteiger partial charge >= 0.3 is 5.97 Å². The van der Waals surface area contributed by atoms with Crippen molar-refractivity contribution in [3.63, 3.8) is 0 Å². The molecule has 21 heavy (non-hydrogen) atoms. The van der Waals surface area contributed by atoms with E-state index < -0.39 is 5.97 Å². The van der Waals surface area contributed by atoms with E-state index in [9.17, 15) is 4.79 Å². The van der Waals surface area contributed by atoms with Crippen LogP contribution in [0.4, 0.5) is 0 Å². The van der Waals surface area contributed by atoms with Gasteiger partial charge in [0, 0.05) is 19.0 Å². The number of hydrogen-bond acceptors (Lipinski definition) is 5. The molecule has 1 heterocycles. The Morgan fingerprint density at radius 3 is 2.71 bits per heavy atom. The molecule has 0 aliphatic rings. The van der Waals surface area contributed by atoms with Gasteiger partial charge in [0.2, 0.25) is 0 Å². The minimum atomic E-state index is -0.828. The monoisotopic (exact) mass is 314 g/mol. The molecule has 0 spiro atoms. The summed E-state index contributed by atoms with van der Waals surface area (Å²) in [7, 11) is 2.11. The Morgan fingerprint density at radius 1 is 1.43 bits per heavy atom. The van der Waals surface area contributed by atoms with Crippen LogP contribution < -0.4 is 0 Å². The van der Waals surface area contributed by atoms with Crippen LogP contribution in [0.5, 0.6) is 0 Å². The lowest BCUT2D eigenvalue weighted by molar-refractivity contribution is -0.133. The second kappa shape index (κ2) is 9.04. The maximum Gasteiger partial charge on any atom is 0.313 e. The first-order chi connectivity index (χ1) is 9.95. The van der Waals surface area contributed by atoms with E-state index in [-0.39, 0.29) is 5.75 Å². The molecule has 1 rings (SSSR count). The fourth-order valence-electron chi connectivity index (χ4n) is 1.92. The van der Waals surface area contributed by atoms with Crippen LogP contribution in [-0.4, -0.2) is 56.1 Å². The SMILES string of the molecule is CCCc1nnc(SCC(=O)O)n1CCCN(C)C(C)C. The lowest BCUT2D eigenvalue weighted by Gasteiger charge is -2.21. The molecule has 0 fully saturated rings. The van der Waals surface area contributed by atoms with E-state index in [0.29, 0.717) is 11.2 Å². The Bertz CT molecular complexity index is 448. The van der Waals surface area contributed by atoms with Crippen LogP contribution in [-0.2, 0) is 17.8 Å². The van der Waals surface area contributed by atoms with Crippen molar-refractivity contribution in [2.45, 2.75) is 57.8 Å². The first-order valence-electron chi connectivity index (χ1n) is 7.42. The summed E-state index contributed by atoms with van der Waals surface area (Å²) in [6.45, 7) is 8.30. The molecule has 0 amide bonds.